The zero-order valence-corrected chi connectivity index (χ0v) is 12.9. The second-order valence-corrected chi connectivity index (χ2v) is 5.99. The van der Waals surface area contributed by atoms with E-state index in [9.17, 15) is 4.39 Å². The molecule has 0 spiro atoms. The van der Waals surface area contributed by atoms with Gasteiger partial charge < -0.3 is 10.2 Å². The number of hydrogen-bond acceptors (Lipinski definition) is 2. The summed E-state index contributed by atoms with van der Waals surface area (Å²) in [5, 5.41) is 3.38. The maximum atomic E-state index is 13.6. The number of benzene rings is 1. The van der Waals surface area contributed by atoms with E-state index >= 15 is 0 Å². The standard InChI is InChI=1S/C14H22BrFN2/c1-11(2)9-17-6-7-18(3)10-12-4-5-13(15)8-14(12)16/h4-5,8,11,17H,6-7,9-10H2,1-3H3. The van der Waals surface area contributed by atoms with Crippen LogP contribution in [-0.2, 0) is 6.54 Å². The summed E-state index contributed by atoms with van der Waals surface area (Å²) in [6, 6.07) is 5.22. The Balaban J connectivity index is 2.33. The van der Waals surface area contributed by atoms with Gasteiger partial charge >= 0.3 is 0 Å². The summed E-state index contributed by atoms with van der Waals surface area (Å²) >= 11 is 3.26. The van der Waals surface area contributed by atoms with Crippen LogP contribution in [0, 0.1) is 11.7 Å². The summed E-state index contributed by atoms with van der Waals surface area (Å²) in [5.74, 6) is 0.519. The first-order valence-electron chi connectivity index (χ1n) is 6.32. The van der Waals surface area contributed by atoms with Crippen molar-refractivity contribution in [3.63, 3.8) is 0 Å². The van der Waals surface area contributed by atoms with Crippen LogP contribution in [-0.4, -0.2) is 31.6 Å². The van der Waals surface area contributed by atoms with Crippen molar-refractivity contribution < 1.29 is 4.39 Å². The topological polar surface area (TPSA) is 15.3 Å². The van der Waals surface area contributed by atoms with Crippen molar-refractivity contribution >= 4 is 15.9 Å². The molecule has 0 saturated carbocycles. The highest BCUT2D eigenvalue weighted by molar-refractivity contribution is 9.10. The lowest BCUT2D eigenvalue weighted by Gasteiger charge is -2.18. The average molecular weight is 317 g/mol. The number of likely N-dealkylation sites (N-methyl/N-ethyl adjacent to an activating group) is 1. The SMILES string of the molecule is CC(C)CNCCN(C)Cc1ccc(Br)cc1F. The maximum Gasteiger partial charge on any atom is 0.128 e. The number of rotatable bonds is 7. The Labute approximate surface area is 118 Å². The molecule has 0 atom stereocenters. The van der Waals surface area contributed by atoms with E-state index in [1.54, 1.807) is 0 Å². The Morgan fingerprint density at radius 1 is 1.39 bits per heavy atom. The largest absolute Gasteiger partial charge is 0.315 e. The van der Waals surface area contributed by atoms with Crippen LogP contribution in [0.4, 0.5) is 4.39 Å². The molecule has 0 aliphatic carbocycles. The summed E-state index contributed by atoms with van der Waals surface area (Å²) in [6.45, 7) is 7.90. The molecule has 2 nitrogen and oxygen atoms in total. The van der Waals surface area contributed by atoms with E-state index in [0.29, 0.717) is 12.5 Å². The van der Waals surface area contributed by atoms with Crippen molar-refractivity contribution in [3.05, 3.63) is 34.1 Å². The summed E-state index contributed by atoms with van der Waals surface area (Å²) in [7, 11) is 2.01. The molecule has 0 bridgehead atoms. The molecule has 0 unspecified atom stereocenters. The van der Waals surface area contributed by atoms with Gasteiger partial charge in [-0.2, -0.15) is 0 Å². The molecule has 0 fully saturated rings. The van der Waals surface area contributed by atoms with Gasteiger partial charge in [-0.05, 0) is 31.6 Å². The minimum Gasteiger partial charge on any atom is -0.315 e. The van der Waals surface area contributed by atoms with Crippen molar-refractivity contribution in [3.8, 4) is 0 Å². The molecule has 0 aromatic heterocycles. The molecule has 0 amide bonds. The van der Waals surface area contributed by atoms with E-state index in [0.717, 1.165) is 29.7 Å². The van der Waals surface area contributed by atoms with Gasteiger partial charge in [0.1, 0.15) is 5.82 Å². The van der Waals surface area contributed by atoms with E-state index in [2.05, 4.69) is 40.0 Å². The third-order valence-corrected chi connectivity index (χ3v) is 3.17. The summed E-state index contributed by atoms with van der Waals surface area (Å²) < 4.78 is 14.4. The lowest BCUT2D eigenvalue weighted by atomic mass is 10.2. The first-order valence-corrected chi connectivity index (χ1v) is 7.11. The molecule has 0 aliphatic heterocycles. The van der Waals surface area contributed by atoms with Crippen LogP contribution in [0.25, 0.3) is 0 Å². The Morgan fingerprint density at radius 3 is 2.72 bits per heavy atom. The molecular formula is C14H22BrFN2. The second kappa shape index (κ2) is 7.87. The lowest BCUT2D eigenvalue weighted by Crippen LogP contribution is -2.31. The number of halogens is 2. The first-order chi connectivity index (χ1) is 8.49. The van der Waals surface area contributed by atoms with Gasteiger partial charge in [-0.1, -0.05) is 35.8 Å². The minimum atomic E-state index is -0.147. The van der Waals surface area contributed by atoms with Crippen molar-refractivity contribution in [2.75, 3.05) is 26.7 Å². The van der Waals surface area contributed by atoms with Crippen LogP contribution in [0.3, 0.4) is 0 Å². The van der Waals surface area contributed by atoms with Crippen LogP contribution < -0.4 is 5.32 Å². The second-order valence-electron chi connectivity index (χ2n) is 5.07. The molecule has 18 heavy (non-hydrogen) atoms. The van der Waals surface area contributed by atoms with Crippen LogP contribution in [0.1, 0.15) is 19.4 Å². The molecule has 1 N–H and O–H groups in total. The van der Waals surface area contributed by atoms with Crippen LogP contribution in [0.2, 0.25) is 0 Å². The molecule has 0 saturated heterocycles. The monoisotopic (exact) mass is 316 g/mol. The van der Waals surface area contributed by atoms with Gasteiger partial charge in [0, 0.05) is 29.7 Å². The fourth-order valence-corrected chi connectivity index (χ4v) is 2.01. The van der Waals surface area contributed by atoms with Gasteiger partial charge in [0.25, 0.3) is 0 Å². The van der Waals surface area contributed by atoms with Gasteiger partial charge in [0.05, 0.1) is 0 Å². The third-order valence-electron chi connectivity index (χ3n) is 2.68. The Kier molecular flexibility index (Phi) is 6.82. The minimum absolute atomic E-state index is 0.147. The van der Waals surface area contributed by atoms with E-state index < -0.39 is 0 Å². The molecule has 1 aromatic rings. The van der Waals surface area contributed by atoms with Crippen molar-refractivity contribution in [2.45, 2.75) is 20.4 Å². The van der Waals surface area contributed by atoms with Gasteiger partial charge in [-0.25, -0.2) is 4.39 Å². The van der Waals surface area contributed by atoms with Gasteiger partial charge in [-0.3, -0.25) is 0 Å². The summed E-state index contributed by atoms with van der Waals surface area (Å²) in [4.78, 5) is 2.12. The molecular weight excluding hydrogens is 295 g/mol. The highest BCUT2D eigenvalue weighted by atomic mass is 79.9. The Bertz CT molecular complexity index is 369. The first kappa shape index (κ1) is 15.6. The smallest absolute Gasteiger partial charge is 0.128 e. The highest BCUT2D eigenvalue weighted by Gasteiger charge is 2.06. The average Bonchev–Trinajstić information content (AvgIpc) is 2.28. The third kappa shape index (κ3) is 5.94. The Hall–Kier alpha value is -0.450. The molecule has 4 heteroatoms. The van der Waals surface area contributed by atoms with E-state index in [-0.39, 0.29) is 5.82 Å². The molecule has 1 aromatic carbocycles. The maximum absolute atomic E-state index is 13.6. The molecule has 0 heterocycles. The van der Waals surface area contributed by atoms with E-state index in [1.165, 1.54) is 6.07 Å². The number of hydrogen-bond donors (Lipinski definition) is 1. The van der Waals surface area contributed by atoms with Crippen molar-refractivity contribution in [1.82, 2.24) is 10.2 Å². The van der Waals surface area contributed by atoms with Crippen molar-refractivity contribution in [1.29, 1.82) is 0 Å². The summed E-state index contributed by atoms with van der Waals surface area (Å²) in [5.41, 5.74) is 0.740. The lowest BCUT2D eigenvalue weighted by molar-refractivity contribution is 0.316. The van der Waals surface area contributed by atoms with Crippen LogP contribution in [0.15, 0.2) is 22.7 Å². The molecule has 0 aliphatic rings. The van der Waals surface area contributed by atoms with Crippen LogP contribution in [0.5, 0.6) is 0 Å². The van der Waals surface area contributed by atoms with Crippen molar-refractivity contribution in [2.24, 2.45) is 5.92 Å². The highest BCUT2D eigenvalue weighted by Crippen LogP contribution is 2.16. The van der Waals surface area contributed by atoms with Crippen LogP contribution >= 0.6 is 15.9 Å². The summed E-state index contributed by atoms with van der Waals surface area (Å²) in [6.07, 6.45) is 0. The van der Waals surface area contributed by atoms with Gasteiger partial charge in [0.15, 0.2) is 0 Å². The van der Waals surface area contributed by atoms with E-state index in [4.69, 9.17) is 0 Å². The molecule has 1 rings (SSSR count). The van der Waals surface area contributed by atoms with E-state index in [1.807, 2.05) is 19.2 Å². The molecule has 102 valence electrons. The molecule has 0 radical (unpaired) electrons. The van der Waals surface area contributed by atoms with Gasteiger partial charge in [-0.15, -0.1) is 0 Å². The zero-order chi connectivity index (χ0) is 13.5. The quantitative estimate of drug-likeness (QED) is 0.777. The zero-order valence-electron chi connectivity index (χ0n) is 11.3. The van der Waals surface area contributed by atoms with Gasteiger partial charge in [0.2, 0.25) is 0 Å². The predicted octanol–water partition coefficient (Wildman–Crippen LogP) is 3.27. The Morgan fingerprint density at radius 2 is 2.11 bits per heavy atom. The number of nitrogens with zero attached hydrogens (tertiary/aromatic N) is 1. The fraction of sp³-hybridized carbons (Fsp3) is 0.571. The fourth-order valence-electron chi connectivity index (χ4n) is 1.68. The normalized spacial score (nSPS) is 11.5. The predicted molar refractivity (Wildman–Crippen MR) is 78.1 cm³/mol. The number of nitrogens with one attached hydrogen (secondary N) is 1.